The van der Waals surface area contributed by atoms with Gasteiger partial charge in [0.2, 0.25) is 0 Å². The highest BCUT2D eigenvalue weighted by Crippen LogP contribution is 2.15. The first-order chi connectivity index (χ1) is 7.16. The molecule has 0 spiro atoms. The van der Waals surface area contributed by atoms with Gasteiger partial charge in [-0.15, -0.1) is 0 Å². The van der Waals surface area contributed by atoms with Crippen LogP contribution in [0.3, 0.4) is 0 Å². The summed E-state index contributed by atoms with van der Waals surface area (Å²) in [5.74, 6) is -1.01. The Bertz CT molecular complexity index is 276. The minimum Gasteiger partial charge on any atom is -0.480 e. The van der Waals surface area contributed by atoms with Crippen LogP contribution in [0.5, 0.6) is 0 Å². The van der Waals surface area contributed by atoms with Crippen LogP contribution < -0.4 is 0 Å². The van der Waals surface area contributed by atoms with Gasteiger partial charge >= 0.3 is 12.0 Å². The molecule has 0 aromatic rings. The molecular formula is C11H22N2O3. The van der Waals surface area contributed by atoms with Crippen molar-refractivity contribution in [3.63, 3.8) is 0 Å². The van der Waals surface area contributed by atoms with Crippen molar-refractivity contribution in [2.45, 2.75) is 45.7 Å². The molecule has 1 N–H and O–H groups in total. The first-order valence-electron chi connectivity index (χ1n) is 5.40. The van der Waals surface area contributed by atoms with E-state index in [9.17, 15) is 9.59 Å². The lowest BCUT2D eigenvalue weighted by Gasteiger charge is -2.36. The molecular weight excluding hydrogens is 208 g/mol. The Hall–Kier alpha value is -1.26. The average molecular weight is 230 g/mol. The number of carbonyl (C=O) groups is 2. The minimum atomic E-state index is -1.20. The topological polar surface area (TPSA) is 60.9 Å². The molecule has 0 saturated carbocycles. The van der Waals surface area contributed by atoms with Crippen molar-refractivity contribution in [2.75, 3.05) is 14.1 Å². The molecule has 0 radical (unpaired) electrons. The van der Waals surface area contributed by atoms with Crippen molar-refractivity contribution >= 4 is 12.0 Å². The van der Waals surface area contributed by atoms with Crippen molar-refractivity contribution in [1.82, 2.24) is 9.80 Å². The fourth-order valence-electron chi connectivity index (χ4n) is 1.08. The maximum absolute atomic E-state index is 12.0. The zero-order valence-corrected chi connectivity index (χ0v) is 10.9. The molecule has 0 saturated heterocycles. The number of carboxylic acids is 1. The average Bonchev–Trinajstić information content (AvgIpc) is 2.24. The van der Waals surface area contributed by atoms with Crippen molar-refractivity contribution in [2.24, 2.45) is 0 Å². The fraction of sp³-hybridized carbons (Fsp3) is 0.818. The van der Waals surface area contributed by atoms with Crippen LogP contribution in [0.2, 0.25) is 0 Å². The second-order valence-electron chi connectivity index (χ2n) is 4.57. The van der Waals surface area contributed by atoms with Crippen LogP contribution in [-0.4, -0.2) is 52.6 Å². The molecule has 0 aromatic carbocycles. The highest BCUT2D eigenvalue weighted by molar-refractivity contribution is 5.85. The molecule has 5 nitrogen and oxygen atoms in total. The predicted molar refractivity (Wildman–Crippen MR) is 62.4 cm³/mol. The smallest absolute Gasteiger partial charge is 0.329 e. The van der Waals surface area contributed by atoms with E-state index >= 15 is 0 Å². The lowest BCUT2D eigenvalue weighted by atomic mass is 10.0. The molecule has 2 amide bonds. The van der Waals surface area contributed by atoms with E-state index in [-0.39, 0.29) is 12.1 Å². The molecule has 94 valence electrons. The molecule has 16 heavy (non-hydrogen) atoms. The molecule has 5 heteroatoms. The van der Waals surface area contributed by atoms with Gasteiger partial charge in [0.25, 0.3) is 0 Å². The van der Waals surface area contributed by atoms with Crippen LogP contribution in [0.4, 0.5) is 4.79 Å². The van der Waals surface area contributed by atoms with E-state index in [1.807, 2.05) is 13.8 Å². The standard InChI is InChI=1S/C11H22N2O3/c1-7-8(2)12(5)10(16)13(6)11(3,4)9(14)15/h8H,7H2,1-6H3,(H,14,15). The van der Waals surface area contributed by atoms with Gasteiger partial charge in [-0.2, -0.15) is 0 Å². The molecule has 1 atom stereocenters. The summed E-state index contributed by atoms with van der Waals surface area (Å²) in [6, 6.07) is -0.179. The van der Waals surface area contributed by atoms with Gasteiger partial charge in [-0.1, -0.05) is 6.92 Å². The summed E-state index contributed by atoms with van der Waals surface area (Å²) in [7, 11) is 3.19. The normalized spacial score (nSPS) is 13.1. The van der Waals surface area contributed by atoms with E-state index in [0.29, 0.717) is 0 Å². The van der Waals surface area contributed by atoms with Crippen molar-refractivity contribution in [3.05, 3.63) is 0 Å². The van der Waals surface area contributed by atoms with Crippen molar-refractivity contribution in [3.8, 4) is 0 Å². The summed E-state index contributed by atoms with van der Waals surface area (Å²) < 4.78 is 0. The van der Waals surface area contributed by atoms with Crippen molar-refractivity contribution in [1.29, 1.82) is 0 Å². The van der Waals surface area contributed by atoms with Crippen LogP contribution in [0.15, 0.2) is 0 Å². The molecule has 0 fully saturated rings. The Labute approximate surface area is 97.0 Å². The Morgan fingerprint density at radius 3 is 2.06 bits per heavy atom. The second-order valence-corrected chi connectivity index (χ2v) is 4.57. The van der Waals surface area contributed by atoms with Gasteiger partial charge in [-0.05, 0) is 27.2 Å². The van der Waals surface area contributed by atoms with E-state index in [1.54, 1.807) is 11.9 Å². The summed E-state index contributed by atoms with van der Waals surface area (Å²) in [6.45, 7) is 6.94. The van der Waals surface area contributed by atoms with Crippen LogP contribution in [0.1, 0.15) is 34.1 Å². The lowest BCUT2D eigenvalue weighted by Crippen LogP contribution is -2.55. The highest BCUT2D eigenvalue weighted by atomic mass is 16.4. The Balaban J connectivity index is 4.81. The summed E-state index contributed by atoms with van der Waals surface area (Å²) >= 11 is 0. The molecule has 0 aromatic heterocycles. The number of hydrogen-bond acceptors (Lipinski definition) is 2. The number of hydrogen-bond donors (Lipinski definition) is 1. The first kappa shape index (κ1) is 14.7. The third kappa shape index (κ3) is 2.87. The van der Waals surface area contributed by atoms with Crippen molar-refractivity contribution < 1.29 is 14.7 Å². The van der Waals surface area contributed by atoms with Gasteiger partial charge in [0.15, 0.2) is 0 Å². The van der Waals surface area contributed by atoms with Crippen LogP contribution in [-0.2, 0) is 4.79 Å². The van der Waals surface area contributed by atoms with E-state index in [4.69, 9.17) is 5.11 Å². The molecule has 0 rings (SSSR count). The summed E-state index contributed by atoms with van der Waals surface area (Å²) in [6.07, 6.45) is 0.837. The Morgan fingerprint density at radius 1 is 1.31 bits per heavy atom. The summed E-state index contributed by atoms with van der Waals surface area (Å²) in [5.41, 5.74) is -1.20. The van der Waals surface area contributed by atoms with E-state index in [1.165, 1.54) is 25.8 Å². The summed E-state index contributed by atoms with van der Waals surface area (Å²) in [5, 5.41) is 9.03. The third-order valence-corrected chi connectivity index (χ3v) is 3.20. The van der Waals surface area contributed by atoms with Crippen LogP contribution in [0, 0.1) is 0 Å². The van der Waals surface area contributed by atoms with Gasteiger partial charge in [0.1, 0.15) is 5.54 Å². The Kier molecular flexibility index (Phi) is 4.78. The number of nitrogens with zero attached hydrogens (tertiary/aromatic N) is 2. The van der Waals surface area contributed by atoms with Gasteiger partial charge in [-0.25, -0.2) is 9.59 Å². The van der Waals surface area contributed by atoms with Gasteiger partial charge < -0.3 is 14.9 Å². The maximum Gasteiger partial charge on any atom is 0.329 e. The molecule has 0 aliphatic rings. The number of carbonyl (C=O) groups excluding carboxylic acids is 1. The van der Waals surface area contributed by atoms with Crippen LogP contribution in [0.25, 0.3) is 0 Å². The Morgan fingerprint density at radius 2 is 1.75 bits per heavy atom. The second kappa shape index (κ2) is 5.18. The minimum absolute atomic E-state index is 0.0968. The van der Waals surface area contributed by atoms with Gasteiger partial charge in [0.05, 0.1) is 0 Å². The molecule has 0 bridgehead atoms. The molecule has 0 heterocycles. The number of urea groups is 1. The molecule has 1 unspecified atom stereocenters. The molecule has 0 aliphatic heterocycles. The number of carboxylic acid groups (broad SMARTS) is 1. The lowest BCUT2D eigenvalue weighted by molar-refractivity contribution is -0.147. The zero-order chi connectivity index (χ0) is 13.1. The number of likely N-dealkylation sites (N-methyl/N-ethyl adjacent to an activating group) is 1. The highest BCUT2D eigenvalue weighted by Gasteiger charge is 2.36. The van der Waals surface area contributed by atoms with Gasteiger partial charge in [0, 0.05) is 20.1 Å². The quantitative estimate of drug-likeness (QED) is 0.798. The monoisotopic (exact) mass is 230 g/mol. The number of amides is 2. The molecule has 0 aliphatic carbocycles. The SMILES string of the molecule is CCC(C)N(C)C(=O)N(C)C(C)(C)C(=O)O. The third-order valence-electron chi connectivity index (χ3n) is 3.20. The zero-order valence-electron chi connectivity index (χ0n) is 10.9. The maximum atomic E-state index is 12.0. The van der Waals surface area contributed by atoms with E-state index < -0.39 is 11.5 Å². The van der Waals surface area contributed by atoms with Gasteiger partial charge in [-0.3, -0.25) is 0 Å². The van der Waals surface area contributed by atoms with E-state index in [2.05, 4.69) is 0 Å². The fourth-order valence-corrected chi connectivity index (χ4v) is 1.08. The number of rotatable bonds is 4. The number of aliphatic carboxylic acids is 1. The first-order valence-corrected chi connectivity index (χ1v) is 5.40. The predicted octanol–water partition coefficient (Wildman–Crippen LogP) is 1.63. The summed E-state index contributed by atoms with van der Waals surface area (Å²) in [4.78, 5) is 25.8. The largest absolute Gasteiger partial charge is 0.480 e. The van der Waals surface area contributed by atoms with E-state index in [0.717, 1.165) is 6.42 Å². The van der Waals surface area contributed by atoms with Crippen LogP contribution >= 0.6 is 0 Å².